The third-order valence-electron chi connectivity index (χ3n) is 1.35. The maximum atomic E-state index is 10.9. The fraction of sp³-hybridized carbons (Fsp3) is 0.625. The van der Waals surface area contributed by atoms with Crippen molar-refractivity contribution < 1.29 is 14.2 Å². The molecule has 0 radical (unpaired) electrons. The van der Waals surface area contributed by atoms with Gasteiger partial charge in [-0.15, -0.1) is 0 Å². The molecule has 0 N–H and O–H groups in total. The van der Waals surface area contributed by atoms with Gasteiger partial charge in [0.15, 0.2) is 6.23 Å². The van der Waals surface area contributed by atoms with Crippen LogP contribution in [0.2, 0.25) is 0 Å². The first-order valence-electron chi connectivity index (χ1n) is 3.48. The Morgan fingerprint density at radius 1 is 1.50 bits per heavy atom. The molecule has 1 unspecified atom stereocenters. The highest BCUT2D eigenvalue weighted by Gasteiger charge is 2.10. The summed E-state index contributed by atoms with van der Waals surface area (Å²) in [5, 5.41) is 0. The largest absolute Gasteiger partial charge is 0.443 e. The van der Waals surface area contributed by atoms with E-state index in [-0.39, 0.29) is 16.9 Å². The standard InChI is InChI=1S/C8H15NO2.FH/c1-6(2)8(10)11-7(3)9(4)5;/h7H,1H2,2-5H3;1H. The molecular weight excluding hydrogens is 161 g/mol. The number of carbonyl (C=O) groups excluding carboxylic acids is 1. The number of hydrogen-bond acceptors (Lipinski definition) is 3. The highest BCUT2D eigenvalue weighted by atomic mass is 19.0. The van der Waals surface area contributed by atoms with Crippen LogP contribution in [0.4, 0.5) is 4.70 Å². The molecule has 0 heterocycles. The van der Waals surface area contributed by atoms with E-state index in [9.17, 15) is 4.79 Å². The third kappa shape index (κ3) is 4.85. The molecule has 0 fully saturated rings. The number of ether oxygens (including phenoxy) is 1. The van der Waals surface area contributed by atoms with Crippen LogP contribution < -0.4 is 0 Å². The number of carbonyl (C=O) groups is 1. The van der Waals surface area contributed by atoms with Gasteiger partial charge in [-0.1, -0.05) is 6.58 Å². The lowest BCUT2D eigenvalue weighted by Gasteiger charge is -2.19. The fourth-order valence-electron chi connectivity index (χ4n) is 0.361. The Kier molecular flexibility index (Phi) is 6.51. The van der Waals surface area contributed by atoms with Gasteiger partial charge in [-0.3, -0.25) is 9.60 Å². The summed E-state index contributed by atoms with van der Waals surface area (Å²) < 4.78 is 4.96. The van der Waals surface area contributed by atoms with Crippen LogP contribution in [-0.2, 0) is 9.53 Å². The van der Waals surface area contributed by atoms with E-state index in [2.05, 4.69) is 6.58 Å². The van der Waals surface area contributed by atoms with Crippen molar-refractivity contribution in [1.29, 1.82) is 0 Å². The predicted octanol–water partition coefficient (Wildman–Crippen LogP) is 1.17. The molecule has 1 atom stereocenters. The van der Waals surface area contributed by atoms with Crippen LogP contribution in [0.5, 0.6) is 0 Å². The first-order chi connectivity index (χ1) is 4.95. The van der Waals surface area contributed by atoms with E-state index < -0.39 is 0 Å². The van der Waals surface area contributed by atoms with Gasteiger partial charge >= 0.3 is 5.97 Å². The van der Waals surface area contributed by atoms with Crippen molar-refractivity contribution in [2.45, 2.75) is 20.1 Å². The summed E-state index contributed by atoms with van der Waals surface area (Å²) >= 11 is 0. The lowest BCUT2D eigenvalue weighted by Crippen LogP contribution is -2.30. The van der Waals surface area contributed by atoms with Crippen LogP contribution in [0, 0.1) is 0 Å². The monoisotopic (exact) mass is 177 g/mol. The maximum absolute atomic E-state index is 10.9. The summed E-state index contributed by atoms with van der Waals surface area (Å²) in [7, 11) is 3.69. The molecule has 72 valence electrons. The Balaban J connectivity index is 0. The van der Waals surface area contributed by atoms with Gasteiger partial charge in [0.2, 0.25) is 0 Å². The van der Waals surface area contributed by atoms with Crippen LogP contribution in [0.25, 0.3) is 0 Å². The highest BCUT2D eigenvalue weighted by Crippen LogP contribution is 1.99. The van der Waals surface area contributed by atoms with Gasteiger partial charge in [0.25, 0.3) is 0 Å². The highest BCUT2D eigenvalue weighted by molar-refractivity contribution is 5.87. The van der Waals surface area contributed by atoms with E-state index in [1.807, 2.05) is 14.1 Å². The minimum absolute atomic E-state index is 0. The Labute approximate surface area is 72.4 Å². The minimum Gasteiger partial charge on any atom is -0.443 e. The van der Waals surface area contributed by atoms with Gasteiger partial charge in [-0.25, -0.2) is 4.79 Å². The van der Waals surface area contributed by atoms with E-state index in [0.717, 1.165) is 0 Å². The van der Waals surface area contributed by atoms with Gasteiger partial charge in [0.05, 0.1) is 0 Å². The van der Waals surface area contributed by atoms with Crippen LogP contribution in [0.1, 0.15) is 13.8 Å². The molecule has 4 heteroatoms. The predicted molar refractivity (Wildman–Crippen MR) is 46.6 cm³/mol. The Morgan fingerprint density at radius 2 is 1.92 bits per heavy atom. The van der Waals surface area contributed by atoms with E-state index in [4.69, 9.17) is 4.74 Å². The molecule has 0 saturated heterocycles. The van der Waals surface area contributed by atoms with Crippen molar-refractivity contribution in [3.63, 3.8) is 0 Å². The zero-order chi connectivity index (χ0) is 9.02. The molecule has 0 amide bonds. The molecule has 0 aromatic rings. The number of hydrogen-bond donors (Lipinski definition) is 0. The zero-order valence-corrected chi connectivity index (χ0v) is 7.96. The molecule has 12 heavy (non-hydrogen) atoms. The van der Waals surface area contributed by atoms with Gasteiger partial charge in [-0.2, -0.15) is 0 Å². The quantitative estimate of drug-likeness (QED) is 0.368. The van der Waals surface area contributed by atoms with Crippen LogP contribution in [0.3, 0.4) is 0 Å². The smallest absolute Gasteiger partial charge is 0.334 e. The molecule has 0 aliphatic carbocycles. The molecule has 0 saturated carbocycles. The minimum atomic E-state index is -0.341. The third-order valence-corrected chi connectivity index (χ3v) is 1.35. The normalized spacial score (nSPS) is 11.8. The second kappa shape index (κ2) is 5.71. The van der Waals surface area contributed by atoms with Crippen molar-refractivity contribution in [3.8, 4) is 0 Å². The van der Waals surface area contributed by atoms with Crippen molar-refractivity contribution in [2.24, 2.45) is 0 Å². The molecule has 3 nitrogen and oxygen atoms in total. The second-order valence-corrected chi connectivity index (χ2v) is 2.75. The van der Waals surface area contributed by atoms with Crippen LogP contribution in [-0.4, -0.2) is 31.2 Å². The van der Waals surface area contributed by atoms with Gasteiger partial charge < -0.3 is 4.74 Å². The Morgan fingerprint density at radius 3 is 2.17 bits per heavy atom. The van der Waals surface area contributed by atoms with Gasteiger partial charge in [-0.05, 0) is 27.9 Å². The molecule has 0 aromatic heterocycles. The van der Waals surface area contributed by atoms with Crippen molar-refractivity contribution in [2.75, 3.05) is 14.1 Å². The van der Waals surface area contributed by atoms with E-state index in [1.165, 1.54) is 0 Å². The summed E-state index contributed by atoms with van der Waals surface area (Å²) in [6.45, 7) is 6.91. The Hall–Kier alpha value is -0.900. The first-order valence-corrected chi connectivity index (χ1v) is 3.48. The van der Waals surface area contributed by atoms with Crippen LogP contribution >= 0.6 is 0 Å². The molecule has 0 bridgehead atoms. The molecule has 0 spiro atoms. The van der Waals surface area contributed by atoms with Gasteiger partial charge in [0, 0.05) is 5.57 Å². The van der Waals surface area contributed by atoms with Crippen molar-refractivity contribution in [1.82, 2.24) is 4.90 Å². The lowest BCUT2D eigenvalue weighted by molar-refractivity contribution is -0.150. The summed E-state index contributed by atoms with van der Waals surface area (Å²) in [5.74, 6) is -0.341. The van der Waals surface area contributed by atoms with Crippen LogP contribution in [0.15, 0.2) is 12.2 Å². The summed E-state index contributed by atoms with van der Waals surface area (Å²) in [6.07, 6.45) is -0.195. The molecular formula is C8H16FNO2. The molecule has 0 aliphatic rings. The number of esters is 1. The lowest BCUT2D eigenvalue weighted by atomic mass is 10.4. The zero-order valence-electron chi connectivity index (χ0n) is 7.96. The van der Waals surface area contributed by atoms with Crippen molar-refractivity contribution >= 4 is 5.97 Å². The fourth-order valence-corrected chi connectivity index (χ4v) is 0.361. The average Bonchev–Trinajstić information content (AvgIpc) is 1.87. The summed E-state index contributed by atoms with van der Waals surface area (Å²) in [5.41, 5.74) is 0.429. The number of halogens is 1. The average molecular weight is 177 g/mol. The van der Waals surface area contributed by atoms with E-state index >= 15 is 0 Å². The molecule has 0 aliphatic heterocycles. The molecule has 0 aromatic carbocycles. The first kappa shape index (κ1) is 13.7. The van der Waals surface area contributed by atoms with E-state index in [1.54, 1.807) is 18.7 Å². The topological polar surface area (TPSA) is 29.5 Å². The van der Waals surface area contributed by atoms with Crippen molar-refractivity contribution in [3.05, 3.63) is 12.2 Å². The molecule has 0 rings (SSSR count). The van der Waals surface area contributed by atoms with E-state index in [0.29, 0.717) is 5.57 Å². The second-order valence-electron chi connectivity index (χ2n) is 2.75. The number of rotatable bonds is 3. The SMILES string of the molecule is C=C(C)C(=O)OC(C)N(C)C.F. The Bertz CT molecular complexity index is 168. The number of nitrogens with zero attached hydrogens (tertiary/aromatic N) is 1. The van der Waals surface area contributed by atoms with Gasteiger partial charge in [0.1, 0.15) is 0 Å². The summed E-state index contributed by atoms with van der Waals surface area (Å²) in [4.78, 5) is 12.7. The summed E-state index contributed by atoms with van der Waals surface area (Å²) in [6, 6.07) is 0. The maximum Gasteiger partial charge on any atom is 0.334 e.